The number of anilines is 1. The standard InChI is InChI=1S/C50H53N3O8/c1-29-22-40-39-17-15-36-24-38(54)18-20-49(36,2)44(39)41(55)25-50(40,3)43(29)42(56)28-61-48(59)33-12-10-32(11-13-33)47(58)60-27-30-6-8-31(9-7-30)45(53(4)5)46(57)52-37-16-14-35-26-51-21-19-34(35)23-37/h6-14,16,18-21,23-24,26,29,39-41,43-45,55H,15,17,22,25,27-28H2,1-5H3,(H,52,57)/t29-,39+,40?,41+,43-,44?,45?,49+,50+/m1/s1. The molecule has 316 valence electrons. The van der Waals surface area contributed by atoms with Crippen LogP contribution in [0.15, 0.2) is 109 Å². The molecule has 0 saturated heterocycles. The summed E-state index contributed by atoms with van der Waals surface area (Å²) in [4.78, 5) is 71.6. The van der Waals surface area contributed by atoms with Crippen molar-refractivity contribution in [3.8, 4) is 0 Å². The van der Waals surface area contributed by atoms with E-state index in [1.807, 2.05) is 73.6 Å². The lowest BCUT2D eigenvalue weighted by atomic mass is 9.46. The van der Waals surface area contributed by atoms with E-state index in [1.54, 1.807) is 24.5 Å². The summed E-state index contributed by atoms with van der Waals surface area (Å²) in [5, 5.41) is 16.7. The molecule has 0 aliphatic heterocycles. The normalized spacial score (nSPS) is 28.2. The fourth-order valence-corrected chi connectivity index (χ4v) is 11.5. The third kappa shape index (κ3) is 7.97. The number of aliphatic hydroxyl groups excluding tert-OH is 1. The molecule has 3 aromatic carbocycles. The molecular weight excluding hydrogens is 771 g/mol. The Balaban J connectivity index is 0.835. The summed E-state index contributed by atoms with van der Waals surface area (Å²) in [6, 6.07) is 20.3. The molecule has 11 nitrogen and oxygen atoms in total. The molecule has 1 aromatic heterocycles. The van der Waals surface area contributed by atoms with Crippen molar-refractivity contribution < 1.29 is 38.6 Å². The van der Waals surface area contributed by atoms with Crippen LogP contribution in [0, 0.1) is 40.4 Å². The Morgan fingerprint density at radius 2 is 1.64 bits per heavy atom. The Morgan fingerprint density at radius 1 is 0.934 bits per heavy atom. The van der Waals surface area contributed by atoms with Gasteiger partial charge in [0.1, 0.15) is 12.6 Å². The Hall–Kier alpha value is -5.78. The molecule has 0 spiro atoms. The summed E-state index contributed by atoms with van der Waals surface area (Å²) in [5.41, 5.74) is 2.92. The zero-order valence-corrected chi connectivity index (χ0v) is 35.3. The molecular formula is C50H53N3O8. The number of ether oxygens (including phenoxy) is 2. The van der Waals surface area contributed by atoms with Gasteiger partial charge in [0.05, 0.1) is 17.2 Å². The highest BCUT2D eigenvalue weighted by molar-refractivity contribution is 6.01. The number of Topliss-reactive ketones (excluding diaryl/α,β-unsaturated/α-hetero) is 1. The van der Waals surface area contributed by atoms with E-state index in [0.29, 0.717) is 12.1 Å². The van der Waals surface area contributed by atoms with E-state index in [0.717, 1.165) is 46.7 Å². The quantitative estimate of drug-likeness (QED) is 0.144. The molecule has 3 unspecified atom stereocenters. The molecule has 4 aliphatic carbocycles. The van der Waals surface area contributed by atoms with Gasteiger partial charge in [-0.25, -0.2) is 9.59 Å². The molecule has 3 saturated carbocycles. The molecule has 61 heavy (non-hydrogen) atoms. The van der Waals surface area contributed by atoms with Gasteiger partial charge in [0.15, 0.2) is 18.2 Å². The van der Waals surface area contributed by atoms with Gasteiger partial charge in [-0.2, -0.15) is 0 Å². The monoisotopic (exact) mass is 823 g/mol. The Labute approximate surface area is 356 Å². The van der Waals surface area contributed by atoms with Gasteiger partial charge in [0.25, 0.3) is 0 Å². The number of hydrogen-bond acceptors (Lipinski definition) is 10. The smallest absolute Gasteiger partial charge is 0.338 e. The lowest BCUT2D eigenvalue weighted by Gasteiger charge is -2.58. The largest absolute Gasteiger partial charge is 0.457 e. The zero-order valence-electron chi connectivity index (χ0n) is 35.3. The van der Waals surface area contributed by atoms with Crippen LogP contribution in [0.25, 0.3) is 10.8 Å². The summed E-state index contributed by atoms with van der Waals surface area (Å²) in [6.07, 6.45) is 11.2. The van der Waals surface area contributed by atoms with E-state index in [-0.39, 0.29) is 76.8 Å². The number of ketones is 2. The van der Waals surface area contributed by atoms with E-state index < -0.39 is 29.5 Å². The SMILES string of the molecule is C[C@@H]1CC2[C@@H]3CCC4=CC(=O)C=C[C@]4(C)C3[C@@H](O)C[C@]2(C)[C@H]1C(=O)COC(=O)c1ccc(C(=O)OCc2ccc(C(C(=O)Nc3ccc4cnccc4c3)N(C)C)cc2)cc1. The molecule has 1 heterocycles. The number of nitrogens with one attached hydrogen (secondary N) is 1. The number of aliphatic hydroxyl groups is 1. The first-order chi connectivity index (χ1) is 29.2. The zero-order chi connectivity index (χ0) is 43.2. The van der Waals surface area contributed by atoms with Crippen LogP contribution >= 0.6 is 0 Å². The Bertz CT molecular complexity index is 2440. The third-order valence-corrected chi connectivity index (χ3v) is 14.2. The van der Waals surface area contributed by atoms with Crippen LogP contribution in [0.1, 0.15) is 84.3 Å². The van der Waals surface area contributed by atoms with Crippen molar-refractivity contribution in [3.05, 3.63) is 131 Å². The van der Waals surface area contributed by atoms with E-state index in [2.05, 4.69) is 31.1 Å². The third-order valence-electron chi connectivity index (χ3n) is 14.2. The fourth-order valence-electron chi connectivity index (χ4n) is 11.5. The van der Waals surface area contributed by atoms with Gasteiger partial charge in [-0.1, -0.05) is 62.8 Å². The molecule has 8 rings (SSSR count). The minimum atomic E-state index is -0.665. The van der Waals surface area contributed by atoms with Crippen molar-refractivity contribution in [1.29, 1.82) is 0 Å². The molecule has 9 atom stereocenters. The molecule has 4 aliphatic rings. The first kappa shape index (κ1) is 41.9. The van der Waals surface area contributed by atoms with Crippen LogP contribution in [0.2, 0.25) is 0 Å². The van der Waals surface area contributed by atoms with Crippen molar-refractivity contribution in [1.82, 2.24) is 9.88 Å². The first-order valence-corrected chi connectivity index (χ1v) is 21.2. The van der Waals surface area contributed by atoms with E-state index in [1.165, 1.54) is 24.3 Å². The minimum Gasteiger partial charge on any atom is -0.457 e. The first-order valence-electron chi connectivity index (χ1n) is 21.2. The van der Waals surface area contributed by atoms with E-state index >= 15 is 0 Å². The Kier molecular flexibility index (Phi) is 11.4. The minimum absolute atomic E-state index is 0.0000628. The highest BCUT2D eigenvalue weighted by atomic mass is 16.5. The number of allylic oxidation sites excluding steroid dienone is 4. The number of carbonyl (C=O) groups is 5. The average molecular weight is 824 g/mol. The maximum absolute atomic E-state index is 13.9. The van der Waals surface area contributed by atoms with Crippen molar-refractivity contribution in [2.45, 2.75) is 65.2 Å². The van der Waals surface area contributed by atoms with Crippen LogP contribution < -0.4 is 5.32 Å². The van der Waals surface area contributed by atoms with Crippen molar-refractivity contribution >= 4 is 45.9 Å². The number of amides is 1. The summed E-state index contributed by atoms with van der Waals surface area (Å²) in [7, 11) is 3.67. The Morgan fingerprint density at radius 3 is 2.34 bits per heavy atom. The van der Waals surface area contributed by atoms with E-state index in [9.17, 15) is 29.1 Å². The van der Waals surface area contributed by atoms with Crippen LogP contribution in [0.3, 0.4) is 0 Å². The maximum Gasteiger partial charge on any atom is 0.338 e. The van der Waals surface area contributed by atoms with Gasteiger partial charge < -0.3 is 19.9 Å². The lowest BCUT2D eigenvalue weighted by Crippen LogP contribution is -2.56. The molecule has 1 amide bonds. The van der Waals surface area contributed by atoms with Crippen molar-refractivity contribution in [3.63, 3.8) is 0 Å². The highest BCUT2D eigenvalue weighted by Gasteiger charge is 2.64. The number of likely N-dealkylation sites (N-methyl/N-ethyl adjacent to an activating group) is 1. The number of esters is 2. The fraction of sp³-hybridized carbons (Fsp3) is 0.400. The second-order valence-electron chi connectivity index (χ2n) is 18.2. The summed E-state index contributed by atoms with van der Waals surface area (Å²) in [6.45, 7) is 5.98. The van der Waals surface area contributed by atoms with Crippen molar-refractivity contribution in [2.75, 3.05) is 26.0 Å². The van der Waals surface area contributed by atoms with Gasteiger partial charge in [-0.05, 0) is 134 Å². The number of nitrogens with zero attached hydrogens (tertiary/aromatic N) is 2. The van der Waals surface area contributed by atoms with Crippen LogP contribution in [-0.4, -0.2) is 71.2 Å². The van der Waals surface area contributed by atoms with E-state index in [4.69, 9.17) is 9.47 Å². The van der Waals surface area contributed by atoms with Crippen LogP contribution in [-0.2, 0) is 30.5 Å². The average Bonchev–Trinajstić information content (AvgIpc) is 3.51. The second-order valence-corrected chi connectivity index (χ2v) is 18.2. The van der Waals surface area contributed by atoms with Gasteiger partial charge in [0.2, 0.25) is 5.91 Å². The number of fused-ring (bicyclic) bond motifs is 6. The number of aromatic nitrogens is 1. The number of benzene rings is 3. The number of pyridine rings is 1. The summed E-state index contributed by atoms with van der Waals surface area (Å²) >= 11 is 0. The highest BCUT2D eigenvalue weighted by Crippen LogP contribution is 2.67. The predicted octanol–water partition coefficient (Wildman–Crippen LogP) is 7.70. The number of rotatable bonds is 11. The maximum atomic E-state index is 13.9. The summed E-state index contributed by atoms with van der Waals surface area (Å²) < 4.78 is 11.1. The predicted molar refractivity (Wildman–Crippen MR) is 230 cm³/mol. The van der Waals surface area contributed by atoms with Crippen molar-refractivity contribution in [2.24, 2.45) is 40.4 Å². The molecule has 0 radical (unpaired) electrons. The molecule has 0 bridgehead atoms. The topological polar surface area (TPSA) is 152 Å². The molecule has 4 aromatic rings. The van der Waals surface area contributed by atoms with Gasteiger partial charge in [-0.15, -0.1) is 0 Å². The number of carbonyl (C=O) groups excluding carboxylic acids is 5. The van der Waals surface area contributed by atoms with Crippen LogP contribution in [0.5, 0.6) is 0 Å². The second kappa shape index (κ2) is 16.6. The molecule has 11 heteroatoms. The summed E-state index contributed by atoms with van der Waals surface area (Å²) in [5.74, 6) is -1.45. The van der Waals surface area contributed by atoms with Gasteiger partial charge >= 0.3 is 11.9 Å². The van der Waals surface area contributed by atoms with Gasteiger partial charge in [-0.3, -0.25) is 24.3 Å². The molecule has 2 N–H and O–H groups in total. The van der Waals surface area contributed by atoms with Gasteiger partial charge in [0, 0.05) is 40.7 Å². The number of hydrogen-bond donors (Lipinski definition) is 2. The molecule has 3 fully saturated rings. The lowest BCUT2D eigenvalue weighted by molar-refractivity contribution is -0.142. The van der Waals surface area contributed by atoms with Crippen LogP contribution in [0.4, 0.5) is 5.69 Å².